The lowest BCUT2D eigenvalue weighted by Gasteiger charge is -2.08. The van der Waals surface area contributed by atoms with Crippen LogP contribution in [0.25, 0.3) is 11.2 Å². The molecule has 1 aliphatic heterocycles. The average Bonchev–Trinajstić information content (AvgIpc) is 3.02. The predicted octanol–water partition coefficient (Wildman–Crippen LogP) is -1.54. The van der Waals surface area contributed by atoms with Gasteiger partial charge < -0.3 is 20.1 Å². The summed E-state index contributed by atoms with van der Waals surface area (Å²) >= 11 is 0. The Balaban J connectivity index is 2.02. The minimum atomic E-state index is -0.649. The summed E-state index contributed by atoms with van der Waals surface area (Å²) in [5.74, 6) is 0.0267. The molecule has 2 unspecified atom stereocenters. The molecule has 8 heteroatoms. The second kappa shape index (κ2) is 3.54. The van der Waals surface area contributed by atoms with Gasteiger partial charge >= 0.3 is 0 Å². The number of imidazole rings is 1. The first-order valence-electron chi connectivity index (χ1n) is 5.15. The quantitative estimate of drug-likeness (QED) is 0.556. The zero-order valence-electron chi connectivity index (χ0n) is 8.83. The Hall–Kier alpha value is -1.93. The molecule has 0 bridgehead atoms. The van der Waals surface area contributed by atoms with E-state index in [9.17, 15) is 9.90 Å². The fraction of sp³-hybridized carbons (Fsp3) is 0.444. The number of aliphatic hydroxyl groups is 1. The van der Waals surface area contributed by atoms with Crippen LogP contribution in [0.4, 0.5) is 5.95 Å². The molecule has 0 aromatic carbocycles. The standard InChI is InChI=1S/C9H11N5O3/c10-9-12-7-6(8(16)13-9)14(3-11-7)1-4(15)5-2-17-5/h3-5,15H,1-2H2,(H3,10,12,13,16). The topological polar surface area (TPSA) is 122 Å². The molecule has 0 spiro atoms. The number of ether oxygens (including phenoxy) is 1. The summed E-state index contributed by atoms with van der Waals surface area (Å²) in [6.45, 7) is 0.797. The van der Waals surface area contributed by atoms with Crippen LogP contribution in [0, 0.1) is 0 Å². The van der Waals surface area contributed by atoms with Crippen molar-refractivity contribution in [1.82, 2.24) is 19.5 Å². The van der Waals surface area contributed by atoms with E-state index in [1.165, 1.54) is 6.33 Å². The van der Waals surface area contributed by atoms with Crippen molar-refractivity contribution >= 4 is 17.1 Å². The SMILES string of the molecule is Nc1nc2ncn(CC(O)C3CO3)c2c(=O)[nH]1. The number of hydrogen-bond donors (Lipinski definition) is 3. The number of anilines is 1. The Labute approximate surface area is 95.1 Å². The first-order chi connectivity index (χ1) is 8.15. The van der Waals surface area contributed by atoms with Crippen LogP contribution in [0.5, 0.6) is 0 Å². The molecule has 0 amide bonds. The minimum absolute atomic E-state index is 0.0267. The van der Waals surface area contributed by atoms with Crippen LogP contribution in [-0.2, 0) is 11.3 Å². The van der Waals surface area contributed by atoms with E-state index < -0.39 is 6.10 Å². The van der Waals surface area contributed by atoms with Crippen LogP contribution in [0.1, 0.15) is 0 Å². The molecule has 3 heterocycles. The lowest BCUT2D eigenvalue weighted by atomic mass is 10.2. The van der Waals surface area contributed by atoms with Crippen LogP contribution in [0.2, 0.25) is 0 Å². The molecule has 1 aliphatic rings. The van der Waals surface area contributed by atoms with Crippen molar-refractivity contribution in [2.24, 2.45) is 0 Å². The summed E-state index contributed by atoms with van der Waals surface area (Å²) in [5.41, 5.74) is 5.62. The summed E-state index contributed by atoms with van der Waals surface area (Å²) < 4.78 is 6.52. The molecule has 2 aromatic heterocycles. The molecule has 1 saturated heterocycles. The first kappa shape index (κ1) is 10.2. The summed E-state index contributed by atoms with van der Waals surface area (Å²) in [6, 6.07) is 0. The van der Waals surface area contributed by atoms with E-state index in [0.717, 1.165) is 0 Å². The number of aromatic nitrogens is 4. The summed E-state index contributed by atoms with van der Waals surface area (Å²) in [5, 5.41) is 9.73. The fourth-order valence-electron chi connectivity index (χ4n) is 1.74. The Morgan fingerprint density at radius 3 is 3.24 bits per heavy atom. The van der Waals surface area contributed by atoms with Gasteiger partial charge in [0, 0.05) is 0 Å². The van der Waals surface area contributed by atoms with Gasteiger partial charge in [0.1, 0.15) is 12.2 Å². The third-order valence-corrected chi connectivity index (χ3v) is 2.67. The van der Waals surface area contributed by atoms with E-state index >= 15 is 0 Å². The van der Waals surface area contributed by atoms with Crippen LogP contribution in [0.15, 0.2) is 11.1 Å². The number of rotatable bonds is 3. The van der Waals surface area contributed by atoms with Crippen molar-refractivity contribution in [2.75, 3.05) is 12.3 Å². The molecule has 2 atom stereocenters. The molecule has 17 heavy (non-hydrogen) atoms. The highest BCUT2D eigenvalue weighted by molar-refractivity contribution is 5.70. The number of aromatic amines is 1. The number of fused-ring (bicyclic) bond motifs is 1. The van der Waals surface area contributed by atoms with Crippen molar-refractivity contribution in [2.45, 2.75) is 18.8 Å². The summed E-state index contributed by atoms with van der Waals surface area (Å²) in [4.78, 5) is 22.0. The van der Waals surface area contributed by atoms with Gasteiger partial charge in [0.15, 0.2) is 11.2 Å². The number of nitrogens with one attached hydrogen (secondary N) is 1. The third-order valence-electron chi connectivity index (χ3n) is 2.67. The number of aliphatic hydroxyl groups excluding tert-OH is 1. The lowest BCUT2D eigenvalue weighted by Crippen LogP contribution is -2.23. The molecule has 3 rings (SSSR count). The Morgan fingerprint density at radius 1 is 1.76 bits per heavy atom. The molecule has 2 aromatic rings. The van der Waals surface area contributed by atoms with E-state index in [4.69, 9.17) is 10.5 Å². The van der Waals surface area contributed by atoms with Crippen molar-refractivity contribution in [1.29, 1.82) is 0 Å². The molecular weight excluding hydrogens is 226 g/mol. The van der Waals surface area contributed by atoms with E-state index in [1.807, 2.05) is 0 Å². The van der Waals surface area contributed by atoms with Gasteiger partial charge in [0.2, 0.25) is 5.95 Å². The number of nitrogen functional groups attached to an aromatic ring is 1. The van der Waals surface area contributed by atoms with Gasteiger partial charge in [0.05, 0.1) is 19.5 Å². The van der Waals surface area contributed by atoms with E-state index in [2.05, 4.69) is 15.0 Å². The van der Waals surface area contributed by atoms with Gasteiger partial charge in [0.25, 0.3) is 5.56 Å². The smallest absolute Gasteiger partial charge is 0.278 e. The van der Waals surface area contributed by atoms with Gasteiger partial charge in [-0.05, 0) is 0 Å². The normalized spacial score (nSPS) is 20.6. The molecule has 0 saturated carbocycles. The number of epoxide rings is 1. The summed E-state index contributed by atoms with van der Waals surface area (Å²) in [6.07, 6.45) is 0.662. The second-order valence-corrected chi connectivity index (χ2v) is 3.96. The molecule has 1 fully saturated rings. The molecule has 0 radical (unpaired) electrons. The zero-order valence-corrected chi connectivity index (χ0v) is 8.83. The second-order valence-electron chi connectivity index (χ2n) is 3.96. The predicted molar refractivity (Wildman–Crippen MR) is 58.3 cm³/mol. The van der Waals surface area contributed by atoms with E-state index in [0.29, 0.717) is 12.1 Å². The largest absolute Gasteiger partial charge is 0.388 e. The van der Waals surface area contributed by atoms with Crippen LogP contribution < -0.4 is 11.3 Å². The van der Waals surface area contributed by atoms with Crippen LogP contribution >= 0.6 is 0 Å². The zero-order chi connectivity index (χ0) is 12.0. The molecule has 8 nitrogen and oxygen atoms in total. The molecule has 4 N–H and O–H groups in total. The summed E-state index contributed by atoms with van der Waals surface area (Å²) in [7, 11) is 0. The highest BCUT2D eigenvalue weighted by atomic mass is 16.6. The lowest BCUT2D eigenvalue weighted by molar-refractivity contribution is 0.119. The third kappa shape index (κ3) is 1.77. The van der Waals surface area contributed by atoms with Gasteiger partial charge in [-0.1, -0.05) is 0 Å². The number of nitrogens with two attached hydrogens (primary N) is 1. The van der Waals surface area contributed by atoms with E-state index in [1.54, 1.807) is 4.57 Å². The number of nitrogens with zero attached hydrogens (tertiary/aromatic N) is 3. The average molecular weight is 237 g/mol. The molecule has 0 aliphatic carbocycles. The number of H-pyrrole nitrogens is 1. The van der Waals surface area contributed by atoms with Gasteiger partial charge in [-0.2, -0.15) is 4.98 Å². The van der Waals surface area contributed by atoms with Gasteiger partial charge in [-0.3, -0.25) is 9.78 Å². The van der Waals surface area contributed by atoms with Crippen molar-refractivity contribution < 1.29 is 9.84 Å². The van der Waals surface area contributed by atoms with Crippen molar-refractivity contribution in [3.05, 3.63) is 16.7 Å². The Kier molecular flexibility index (Phi) is 2.13. The molecular formula is C9H11N5O3. The van der Waals surface area contributed by atoms with Crippen LogP contribution in [-0.4, -0.2) is 43.4 Å². The maximum atomic E-state index is 11.7. The highest BCUT2D eigenvalue weighted by Gasteiger charge is 2.31. The van der Waals surface area contributed by atoms with Crippen molar-refractivity contribution in [3.63, 3.8) is 0 Å². The Morgan fingerprint density at radius 2 is 2.53 bits per heavy atom. The number of hydrogen-bond acceptors (Lipinski definition) is 6. The molecule has 90 valence electrons. The first-order valence-corrected chi connectivity index (χ1v) is 5.15. The van der Waals surface area contributed by atoms with Crippen molar-refractivity contribution in [3.8, 4) is 0 Å². The monoisotopic (exact) mass is 237 g/mol. The fourth-order valence-corrected chi connectivity index (χ4v) is 1.74. The Bertz CT molecular complexity index is 615. The van der Waals surface area contributed by atoms with Crippen LogP contribution in [0.3, 0.4) is 0 Å². The van der Waals surface area contributed by atoms with Gasteiger partial charge in [-0.25, -0.2) is 4.98 Å². The maximum Gasteiger partial charge on any atom is 0.278 e. The van der Waals surface area contributed by atoms with E-state index in [-0.39, 0.29) is 29.8 Å². The van der Waals surface area contributed by atoms with Gasteiger partial charge in [-0.15, -0.1) is 0 Å². The minimum Gasteiger partial charge on any atom is -0.388 e. The highest BCUT2D eigenvalue weighted by Crippen LogP contribution is 2.16. The maximum absolute atomic E-state index is 11.7.